The largest absolute Gasteiger partial charge is 0.484 e. The number of carboxylic acid groups (broad SMARTS) is 1. The van der Waals surface area contributed by atoms with Crippen molar-refractivity contribution in [3.8, 4) is 32.4 Å². The van der Waals surface area contributed by atoms with Crippen LogP contribution in [0.5, 0.6) is 11.5 Å². The Hall–Kier alpha value is -11.0. The molecule has 6 aromatic heterocycles. The second-order valence-electron chi connectivity index (χ2n) is 37.8. The van der Waals surface area contributed by atoms with Gasteiger partial charge in [0.25, 0.3) is 0 Å². The highest BCUT2D eigenvalue weighted by molar-refractivity contribution is 7.13. The number of aliphatic hydroxyl groups is 8. The number of Topliss-reactive ketones (excluding diaryl/α,β-unsaturated/α-hetero) is 3. The SMILES string of the molecule is Cc1ncsc1-c1ccc(CCC(=O)[C@H]2C[C@H](O)CN2C(=O)[C@H](CC(=O)CCCCCCCC(=O)COc2cc([C@@H](O)[C@H]3O[C@@H](n4ccc5c(N)ncnc54)[C@H](O)[C@@H]3O)ccc2Cl)C(C)(C)C)cc1.Cc1ncsc1-c1ccc(CNC(=O)[C@@H]2C[C@@H](O)CN2C(=O)[C@@H](NC(=O)CCCCCCN)C(C)(C)C)cc1.Nc1ncnc2c1ccn2[C@@H]1O[C@H]([C@H](O)c2ccc(Cl)c(OCC(=O)O)c2)[C@@H](O)[C@H]1O.[2H]CF. The molecule has 17 N–H and O–H groups in total. The van der Waals surface area contributed by atoms with Crippen molar-refractivity contribution in [2.45, 2.75) is 263 Å². The third kappa shape index (κ3) is 28.5. The molecular weight excluding hydrogens is 1900 g/mol. The number of halogens is 3. The standard InChI is InChI=1S/C51H63ClN6O10S.C29H43N5O4S.C19H19ClN4O7.CH3F/c1-29-46(69-28-56-29)31-15-12-30(13-16-31)14-19-40(62)39-24-35(61)25-58(39)49(66)37(51(2,3)4)23-33(59)10-8-6-5-7-9-11-34(60)26-67-41-22-32(17-18-38(41)52)42(63)45-43(64)44(65)50(68-45)57-21-20-36-47(53)54-27-55-48(36)57;1-19-25(39-18-32-19)21-12-10-20(11-13-21)16-31-27(37)23-15-22(35)17-34(23)28(38)26(29(2,3)4)33-24(36)9-7-5-6-8-14-30;20-10-2-1-8(5-11(10)30-6-12(25)26)13(27)16-14(28)15(29)19(31-16)24-4-3-9-17(21)22-7-23-18(9)24;1-2/h12-13,15-18,20-22,27-28,35,37,39,42-45,50,61,63-65H,5-11,14,19,23-26H2,1-4H3,(H2,53,54,55);10-13,18,22-23,26,35H,5-9,14-17,30H2,1-4H3,(H,31,37)(H,33,36);1-5,7,13-16,19,27-29H,6H2,(H,25,26)(H2,21,22,23);1H3/t35-,37-,39+,42+,43-,44+,45+,50+;22-,23+,26-;13-,14+,15-,16-,19-;/m011./s1/i;;;1D. The molecule has 4 fully saturated rings. The van der Waals surface area contributed by atoms with Crippen LogP contribution in [0.2, 0.25) is 10.0 Å². The molecule has 41 heteroatoms. The lowest BCUT2D eigenvalue weighted by atomic mass is 9.76. The molecule has 762 valence electrons. The summed E-state index contributed by atoms with van der Waals surface area (Å²) in [5, 5.41) is 102. The maximum atomic E-state index is 14.1. The molecule has 36 nitrogen and oxygen atoms in total. The van der Waals surface area contributed by atoms with Crippen LogP contribution in [-0.2, 0) is 60.8 Å². The van der Waals surface area contributed by atoms with Gasteiger partial charge in [-0.2, -0.15) is 0 Å². The first-order valence-corrected chi connectivity index (χ1v) is 49.4. The number of amides is 4. The molecule has 4 amide bonds. The summed E-state index contributed by atoms with van der Waals surface area (Å²) in [6.07, 6.45) is 0.393. The van der Waals surface area contributed by atoms with Crippen LogP contribution in [0.15, 0.2) is 133 Å². The predicted molar refractivity (Wildman–Crippen MR) is 530 cm³/mol. The minimum atomic E-state index is -1.46. The summed E-state index contributed by atoms with van der Waals surface area (Å²) < 4.78 is 41.2. The van der Waals surface area contributed by atoms with E-state index in [1.807, 2.05) is 115 Å². The van der Waals surface area contributed by atoms with Crippen molar-refractivity contribution < 1.29 is 109 Å². The lowest BCUT2D eigenvalue weighted by molar-refractivity contribution is -0.146. The van der Waals surface area contributed by atoms with Crippen LogP contribution in [0.4, 0.5) is 16.0 Å². The lowest BCUT2D eigenvalue weighted by Crippen LogP contribution is -2.57. The number of aliphatic hydroxyl groups excluding tert-OH is 8. The number of hydrogen-bond donors (Lipinski definition) is 14. The number of carboxylic acids is 1. The minimum Gasteiger partial charge on any atom is -0.484 e. The molecule has 4 aromatic carbocycles. The van der Waals surface area contributed by atoms with Crippen molar-refractivity contribution in [2.24, 2.45) is 22.5 Å². The van der Waals surface area contributed by atoms with Crippen molar-refractivity contribution in [3.63, 3.8) is 0 Å². The van der Waals surface area contributed by atoms with Gasteiger partial charge < -0.3 is 112 Å². The summed E-state index contributed by atoms with van der Waals surface area (Å²) >= 11 is 15.6. The predicted octanol–water partition coefficient (Wildman–Crippen LogP) is 11.1. The number of nitrogen functional groups attached to an aromatic ring is 2. The van der Waals surface area contributed by atoms with Crippen molar-refractivity contribution in [1.29, 1.82) is 0 Å². The number of nitrogens with two attached hydrogens (primary N) is 3. The zero-order chi connectivity index (χ0) is 103. The summed E-state index contributed by atoms with van der Waals surface area (Å²) in [5.74, 6) is -2.50. The number of ether oxygens (including phenoxy) is 4. The fourth-order valence-electron chi connectivity index (χ4n) is 17.6. The molecule has 0 bridgehead atoms. The van der Waals surface area contributed by atoms with Crippen LogP contribution >= 0.6 is 45.9 Å². The molecule has 0 saturated carbocycles. The van der Waals surface area contributed by atoms with Gasteiger partial charge in [0.05, 0.1) is 79.8 Å². The Morgan fingerprint density at radius 2 is 1.02 bits per heavy atom. The number of nitrogens with one attached hydrogen (secondary N) is 2. The highest BCUT2D eigenvalue weighted by Gasteiger charge is 2.51. The number of thiazole rings is 2. The number of fused-ring (bicyclic) bond motifs is 2. The Bertz CT molecular complexity index is 5930. The van der Waals surface area contributed by atoms with E-state index in [9.17, 15) is 83.6 Å². The van der Waals surface area contributed by atoms with Gasteiger partial charge in [-0.1, -0.05) is 158 Å². The fraction of sp³-hybridized carbons (Fsp3) is 0.500. The molecule has 4 saturated heterocycles. The van der Waals surface area contributed by atoms with Gasteiger partial charge in [0.15, 0.2) is 30.6 Å². The van der Waals surface area contributed by atoms with Crippen molar-refractivity contribution in [3.05, 3.63) is 177 Å². The Balaban J connectivity index is 0.000000221. The molecule has 10 heterocycles. The van der Waals surface area contributed by atoms with Crippen LogP contribution in [-0.4, -0.2) is 249 Å². The number of aryl methyl sites for hydroxylation is 3. The number of anilines is 2. The number of β-amino-alcohol motifs (C(OH)–C–C–N with tert-alkyl or cyclic N) is 2. The molecule has 14 rings (SSSR count). The molecule has 10 aromatic rings. The molecule has 4 aliphatic rings. The Labute approximate surface area is 836 Å². The minimum absolute atomic E-state index is 0.0219. The van der Waals surface area contributed by atoms with Crippen LogP contribution in [0, 0.1) is 30.6 Å². The first-order valence-electron chi connectivity index (χ1n) is 47.6. The number of likely N-dealkylation sites (tertiary alicyclic amines) is 2. The summed E-state index contributed by atoms with van der Waals surface area (Å²) in [5.41, 5.74) is 27.2. The topological polar surface area (TPSA) is 551 Å². The summed E-state index contributed by atoms with van der Waals surface area (Å²) in [6, 6.07) is 25.8. The maximum absolute atomic E-state index is 14.1. The number of alkyl halides is 1. The normalized spacial score (nSPS) is 21.0. The van der Waals surface area contributed by atoms with E-state index in [1.54, 1.807) is 53.3 Å². The second-order valence-corrected chi connectivity index (χ2v) is 40.3. The second kappa shape index (κ2) is 50.8. The van der Waals surface area contributed by atoms with Gasteiger partial charge in [0.2, 0.25) is 23.6 Å². The molecule has 4 aliphatic heterocycles. The zero-order valence-corrected chi connectivity index (χ0v) is 83.1. The smallest absolute Gasteiger partial charge is 0.341 e. The third-order valence-electron chi connectivity index (χ3n) is 25.4. The van der Waals surface area contributed by atoms with Crippen molar-refractivity contribution >= 4 is 127 Å². The molecule has 0 aliphatic carbocycles. The lowest BCUT2D eigenvalue weighted by Gasteiger charge is -2.35. The van der Waals surface area contributed by atoms with Crippen LogP contribution < -0.4 is 37.3 Å². The number of nitrogens with zero attached hydrogens (tertiary/aromatic N) is 10. The number of carbonyl (C=O) groups is 8. The Morgan fingerprint density at radius 1 is 0.567 bits per heavy atom. The van der Waals surface area contributed by atoms with Gasteiger partial charge in [-0.05, 0) is 133 Å². The monoisotopic (exact) mass is 2030 g/mol. The molecule has 0 unspecified atom stereocenters. The number of unbranched alkanes of at least 4 members (excludes halogenated alkanes) is 7. The van der Waals surface area contributed by atoms with Crippen LogP contribution in [0.1, 0.15) is 204 Å². The van der Waals surface area contributed by atoms with Gasteiger partial charge >= 0.3 is 5.97 Å². The quantitative estimate of drug-likeness (QED) is 0.0159. The number of aromatic nitrogens is 8. The van der Waals surface area contributed by atoms with Crippen LogP contribution in [0.3, 0.4) is 0 Å². The van der Waals surface area contributed by atoms with Gasteiger partial charge in [-0.15, -0.1) is 22.7 Å². The molecular formula is C100H128Cl2FN15O21S2. The van der Waals surface area contributed by atoms with Gasteiger partial charge in [-0.25, -0.2) is 34.7 Å². The summed E-state index contributed by atoms with van der Waals surface area (Å²) in [6.45, 7) is 15.6. The summed E-state index contributed by atoms with van der Waals surface area (Å²) in [7, 11) is -1.00. The molecule has 0 radical (unpaired) electrons. The number of carbonyl (C=O) groups excluding carboxylic acids is 7. The molecule has 141 heavy (non-hydrogen) atoms. The van der Waals surface area contributed by atoms with E-state index in [0.717, 1.165) is 88.3 Å². The number of aliphatic carboxylic acids is 1. The van der Waals surface area contributed by atoms with Crippen LogP contribution in [0.25, 0.3) is 42.9 Å². The average molecular weight is 2030 g/mol. The van der Waals surface area contributed by atoms with Gasteiger partial charge in [0.1, 0.15) is 120 Å². The third-order valence-corrected chi connectivity index (χ3v) is 28.0. The fourth-order valence-corrected chi connectivity index (χ4v) is 19.6. The molecule has 0 spiro atoms. The van der Waals surface area contributed by atoms with E-state index in [1.165, 1.54) is 61.9 Å². The van der Waals surface area contributed by atoms with E-state index in [2.05, 4.69) is 40.5 Å². The Morgan fingerprint density at radius 3 is 1.49 bits per heavy atom. The highest BCUT2D eigenvalue weighted by atomic mass is 35.5. The number of ketones is 3. The van der Waals surface area contributed by atoms with E-state index in [0.29, 0.717) is 72.8 Å². The first kappa shape index (κ1) is 109. The zero-order valence-electron chi connectivity index (χ0n) is 81.0. The van der Waals surface area contributed by atoms with Crippen molar-refractivity contribution in [2.75, 3.05) is 51.5 Å². The highest BCUT2D eigenvalue weighted by Crippen LogP contribution is 2.44. The number of rotatable bonds is 40. The average Bonchev–Trinajstić information content (AvgIpc) is 1.62. The van der Waals surface area contributed by atoms with E-state index in [4.69, 9.17) is 65.8 Å². The Kier molecular flexibility index (Phi) is 39.2. The van der Waals surface area contributed by atoms with E-state index < -0.39 is 128 Å². The van der Waals surface area contributed by atoms with E-state index in [-0.39, 0.29) is 132 Å². The first-order chi connectivity index (χ1) is 67.6. The number of hydrogen-bond acceptors (Lipinski definition) is 31. The van der Waals surface area contributed by atoms with E-state index >= 15 is 0 Å². The van der Waals surface area contributed by atoms with Gasteiger partial charge in [-0.3, -0.25) is 38.0 Å². The van der Waals surface area contributed by atoms with Crippen molar-refractivity contribution in [1.82, 2.24) is 59.5 Å². The summed E-state index contributed by atoms with van der Waals surface area (Å²) in [4.78, 5) is 134. The van der Waals surface area contributed by atoms with Gasteiger partial charge in [0, 0.05) is 82.9 Å². The number of benzene rings is 4. The molecule has 16 atom stereocenters. The maximum Gasteiger partial charge on any atom is 0.341 e.